The molecule has 0 saturated heterocycles. The van der Waals surface area contributed by atoms with Crippen LogP contribution < -0.4 is 10.6 Å². The number of nitrogens with zero attached hydrogens (tertiary/aromatic N) is 2. The Morgan fingerprint density at radius 3 is 2.52 bits per heavy atom. The monoisotopic (exact) mass is 380 g/mol. The van der Waals surface area contributed by atoms with Crippen LogP contribution in [-0.4, -0.2) is 27.8 Å². The van der Waals surface area contributed by atoms with Crippen molar-refractivity contribution >= 4 is 28.3 Å². The van der Waals surface area contributed by atoms with E-state index in [1.54, 1.807) is 18.3 Å². The van der Waals surface area contributed by atoms with Crippen LogP contribution in [0.2, 0.25) is 0 Å². The van der Waals surface area contributed by atoms with E-state index in [2.05, 4.69) is 20.6 Å². The molecule has 0 spiro atoms. The number of anilines is 1. The van der Waals surface area contributed by atoms with Gasteiger partial charge in [0.1, 0.15) is 6.04 Å². The molecule has 0 fully saturated rings. The highest BCUT2D eigenvalue weighted by Crippen LogP contribution is 2.21. The Morgan fingerprint density at radius 2 is 1.89 bits per heavy atom. The fourth-order valence-corrected chi connectivity index (χ4v) is 3.33. The van der Waals surface area contributed by atoms with Gasteiger partial charge in [0.05, 0.1) is 11.3 Å². The zero-order valence-electron chi connectivity index (χ0n) is 15.1. The molecule has 0 radical (unpaired) electrons. The van der Waals surface area contributed by atoms with E-state index in [-0.39, 0.29) is 11.8 Å². The summed E-state index contributed by atoms with van der Waals surface area (Å²) in [4.78, 5) is 34.7. The third-order valence-electron chi connectivity index (χ3n) is 4.09. The highest BCUT2D eigenvalue weighted by Gasteiger charge is 2.23. The molecule has 138 valence electrons. The Morgan fingerprint density at radius 1 is 1.11 bits per heavy atom. The van der Waals surface area contributed by atoms with Crippen LogP contribution in [0.5, 0.6) is 0 Å². The van der Waals surface area contributed by atoms with Crippen molar-refractivity contribution in [2.24, 2.45) is 0 Å². The van der Waals surface area contributed by atoms with Crippen LogP contribution in [0.15, 0.2) is 54.9 Å². The number of carbonyl (C=O) groups excluding carboxylic acids is 2. The Labute approximate surface area is 161 Å². The second-order valence-electron chi connectivity index (χ2n) is 6.11. The number of hydrogen-bond donors (Lipinski definition) is 2. The van der Waals surface area contributed by atoms with E-state index in [0.717, 1.165) is 16.1 Å². The number of aryl methyl sites for hydroxylation is 2. The van der Waals surface area contributed by atoms with Crippen LogP contribution in [0.25, 0.3) is 0 Å². The summed E-state index contributed by atoms with van der Waals surface area (Å²) in [5, 5.41) is 6.16. The molecule has 0 aliphatic carbocycles. The average Bonchev–Trinajstić information content (AvgIpc) is 2.99. The largest absolute Gasteiger partial charge is 0.340 e. The van der Waals surface area contributed by atoms with Crippen molar-refractivity contribution in [1.82, 2.24) is 15.3 Å². The van der Waals surface area contributed by atoms with Crippen LogP contribution in [-0.2, 0) is 11.2 Å². The normalized spacial score (nSPS) is 11.6. The SMILES string of the molecule is Cc1nc(NC(=O)[C@@H](Cc2ccccc2)NC(=O)c2cccnc2)sc1C. The number of amides is 2. The number of benzene rings is 1. The molecule has 7 heteroatoms. The summed E-state index contributed by atoms with van der Waals surface area (Å²) in [7, 11) is 0. The molecular formula is C20H20N4O2S. The minimum atomic E-state index is -0.732. The van der Waals surface area contributed by atoms with Gasteiger partial charge in [-0.05, 0) is 31.5 Å². The van der Waals surface area contributed by atoms with Crippen LogP contribution in [0.1, 0.15) is 26.5 Å². The first-order valence-corrected chi connectivity index (χ1v) is 9.34. The molecule has 3 rings (SSSR count). The second kappa shape index (κ2) is 8.55. The minimum Gasteiger partial charge on any atom is -0.340 e. The number of pyridine rings is 1. The predicted molar refractivity (Wildman–Crippen MR) is 106 cm³/mol. The van der Waals surface area contributed by atoms with Crippen molar-refractivity contribution in [2.75, 3.05) is 5.32 Å². The van der Waals surface area contributed by atoms with Crippen LogP contribution in [0, 0.1) is 13.8 Å². The topological polar surface area (TPSA) is 84.0 Å². The molecule has 2 aromatic heterocycles. The lowest BCUT2D eigenvalue weighted by Gasteiger charge is -2.18. The van der Waals surface area contributed by atoms with Gasteiger partial charge >= 0.3 is 0 Å². The van der Waals surface area contributed by atoms with Crippen LogP contribution in [0.4, 0.5) is 5.13 Å². The van der Waals surface area contributed by atoms with E-state index in [4.69, 9.17) is 0 Å². The first-order valence-electron chi connectivity index (χ1n) is 8.52. The maximum atomic E-state index is 12.8. The highest BCUT2D eigenvalue weighted by molar-refractivity contribution is 7.15. The zero-order chi connectivity index (χ0) is 19.2. The lowest BCUT2D eigenvalue weighted by molar-refractivity contribution is -0.118. The first kappa shape index (κ1) is 18.7. The summed E-state index contributed by atoms with van der Waals surface area (Å²) in [6.45, 7) is 3.85. The summed E-state index contributed by atoms with van der Waals surface area (Å²) < 4.78 is 0. The van der Waals surface area contributed by atoms with Gasteiger partial charge in [0.15, 0.2) is 5.13 Å². The fourth-order valence-electron chi connectivity index (χ4n) is 2.52. The van der Waals surface area contributed by atoms with E-state index in [9.17, 15) is 9.59 Å². The predicted octanol–water partition coefficient (Wildman–Crippen LogP) is 3.13. The van der Waals surface area contributed by atoms with Gasteiger partial charge in [-0.3, -0.25) is 14.6 Å². The van der Waals surface area contributed by atoms with Gasteiger partial charge in [-0.15, -0.1) is 11.3 Å². The van der Waals surface area contributed by atoms with E-state index >= 15 is 0 Å². The van der Waals surface area contributed by atoms with Crippen molar-refractivity contribution in [3.63, 3.8) is 0 Å². The van der Waals surface area contributed by atoms with Crippen molar-refractivity contribution in [1.29, 1.82) is 0 Å². The zero-order valence-corrected chi connectivity index (χ0v) is 15.9. The molecule has 0 aliphatic rings. The summed E-state index contributed by atoms with van der Waals surface area (Å²) in [6.07, 6.45) is 3.44. The molecule has 1 atom stereocenters. The van der Waals surface area contributed by atoms with Gasteiger partial charge in [-0.2, -0.15) is 0 Å². The van der Waals surface area contributed by atoms with Crippen molar-refractivity contribution < 1.29 is 9.59 Å². The molecule has 2 heterocycles. The molecule has 0 aliphatic heterocycles. The molecule has 2 N–H and O–H groups in total. The fraction of sp³-hybridized carbons (Fsp3) is 0.200. The quantitative estimate of drug-likeness (QED) is 0.688. The summed E-state index contributed by atoms with van der Waals surface area (Å²) in [5.74, 6) is -0.643. The van der Waals surface area contributed by atoms with Crippen LogP contribution >= 0.6 is 11.3 Å². The summed E-state index contributed by atoms with van der Waals surface area (Å²) in [5.41, 5.74) is 2.24. The Hall–Kier alpha value is -3.06. The van der Waals surface area contributed by atoms with Crippen molar-refractivity contribution in [2.45, 2.75) is 26.3 Å². The lowest BCUT2D eigenvalue weighted by Crippen LogP contribution is -2.45. The smallest absolute Gasteiger partial charge is 0.253 e. The van der Waals surface area contributed by atoms with Gasteiger partial charge in [-0.25, -0.2) is 4.98 Å². The second-order valence-corrected chi connectivity index (χ2v) is 7.31. The molecular weight excluding hydrogens is 360 g/mol. The standard InChI is InChI=1S/C20H20N4O2S/c1-13-14(2)27-20(22-13)24-19(26)17(11-15-7-4-3-5-8-15)23-18(25)16-9-6-10-21-12-16/h3-10,12,17H,11H2,1-2H3,(H,23,25)(H,22,24,26)/t17-/m1/s1. The Bertz CT molecular complexity index is 906. The van der Waals surface area contributed by atoms with E-state index < -0.39 is 6.04 Å². The van der Waals surface area contributed by atoms with Gasteiger partial charge in [0.2, 0.25) is 5.91 Å². The van der Waals surface area contributed by atoms with Gasteiger partial charge in [0.25, 0.3) is 5.91 Å². The number of aromatic nitrogens is 2. The number of hydrogen-bond acceptors (Lipinski definition) is 5. The summed E-state index contributed by atoms with van der Waals surface area (Å²) in [6, 6.07) is 12.2. The molecule has 2 amide bonds. The molecule has 6 nitrogen and oxygen atoms in total. The Kier molecular flexibility index (Phi) is 5.93. The van der Waals surface area contributed by atoms with E-state index in [1.165, 1.54) is 17.5 Å². The minimum absolute atomic E-state index is 0.301. The van der Waals surface area contributed by atoms with E-state index in [0.29, 0.717) is 17.1 Å². The average molecular weight is 380 g/mol. The number of thiazole rings is 1. The molecule has 1 aromatic carbocycles. The van der Waals surface area contributed by atoms with Crippen LogP contribution in [0.3, 0.4) is 0 Å². The summed E-state index contributed by atoms with van der Waals surface area (Å²) >= 11 is 1.42. The molecule has 0 bridgehead atoms. The number of rotatable bonds is 6. The molecule has 0 saturated carbocycles. The van der Waals surface area contributed by atoms with Gasteiger partial charge in [0, 0.05) is 23.7 Å². The molecule has 27 heavy (non-hydrogen) atoms. The lowest BCUT2D eigenvalue weighted by atomic mass is 10.0. The first-order chi connectivity index (χ1) is 13.0. The number of carbonyl (C=O) groups is 2. The third kappa shape index (κ3) is 4.98. The highest BCUT2D eigenvalue weighted by atomic mass is 32.1. The number of nitrogens with one attached hydrogen (secondary N) is 2. The van der Waals surface area contributed by atoms with Gasteiger partial charge in [-0.1, -0.05) is 30.3 Å². The molecule has 3 aromatic rings. The Balaban J connectivity index is 1.78. The van der Waals surface area contributed by atoms with Gasteiger partial charge < -0.3 is 10.6 Å². The van der Waals surface area contributed by atoms with Crippen molar-refractivity contribution in [3.8, 4) is 0 Å². The maximum absolute atomic E-state index is 12.8. The third-order valence-corrected chi connectivity index (χ3v) is 5.08. The van der Waals surface area contributed by atoms with E-state index in [1.807, 2.05) is 44.2 Å². The van der Waals surface area contributed by atoms with Crippen molar-refractivity contribution in [3.05, 3.63) is 76.6 Å². The maximum Gasteiger partial charge on any atom is 0.253 e. The molecule has 0 unspecified atom stereocenters.